The van der Waals surface area contributed by atoms with Crippen molar-refractivity contribution < 1.29 is 9.53 Å². The Morgan fingerprint density at radius 2 is 2.05 bits per heavy atom. The summed E-state index contributed by atoms with van der Waals surface area (Å²) in [5, 5.41) is 0. The van der Waals surface area contributed by atoms with Crippen LogP contribution in [0.2, 0.25) is 0 Å². The third-order valence-electron chi connectivity index (χ3n) is 2.62. The number of benzene rings is 1. The molecule has 0 bridgehead atoms. The van der Waals surface area contributed by atoms with E-state index in [4.69, 9.17) is 10.6 Å². The van der Waals surface area contributed by atoms with Gasteiger partial charge in [0.1, 0.15) is 11.4 Å². The molecule has 3 N–H and O–H groups in total. The van der Waals surface area contributed by atoms with E-state index in [9.17, 15) is 4.79 Å². The predicted molar refractivity (Wildman–Crippen MR) is 74.9 cm³/mol. The van der Waals surface area contributed by atoms with Crippen LogP contribution < -0.4 is 16.0 Å². The Morgan fingerprint density at radius 1 is 1.30 bits per heavy atom. The normalized spacial score (nSPS) is 10.1. The number of carbonyl (C=O) groups is 1. The largest absolute Gasteiger partial charge is 0.494 e. The van der Waals surface area contributed by atoms with Crippen LogP contribution in [0.5, 0.6) is 5.75 Å². The van der Waals surface area contributed by atoms with Crippen molar-refractivity contribution in [1.29, 1.82) is 0 Å². The van der Waals surface area contributed by atoms with Gasteiger partial charge >= 0.3 is 0 Å². The number of rotatable bonds is 5. The van der Waals surface area contributed by atoms with Crippen LogP contribution in [0.4, 0.5) is 0 Å². The highest BCUT2D eigenvalue weighted by atomic mass is 16.5. The minimum absolute atomic E-state index is 0.177. The van der Waals surface area contributed by atoms with Crippen LogP contribution in [0, 0.1) is 0 Å². The summed E-state index contributed by atoms with van der Waals surface area (Å²) in [6, 6.07) is 7.48. The lowest BCUT2D eigenvalue weighted by molar-refractivity contribution is 0.0948. The molecule has 6 heteroatoms. The molecule has 104 valence electrons. The molecule has 2 aromatic rings. The van der Waals surface area contributed by atoms with Gasteiger partial charge in [0.2, 0.25) is 0 Å². The topological polar surface area (TPSA) is 90.1 Å². The van der Waals surface area contributed by atoms with E-state index in [2.05, 4.69) is 16.9 Å². The molecule has 0 aliphatic carbocycles. The Kier molecular flexibility index (Phi) is 4.62. The fourth-order valence-corrected chi connectivity index (χ4v) is 1.63. The minimum Gasteiger partial charge on any atom is -0.494 e. The molecule has 20 heavy (non-hydrogen) atoms. The summed E-state index contributed by atoms with van der Waals surface area (Å²) in [7, 11) is 0. The van der Waals surface area contributed by atoms with Crippen LogP contribution in [0.25, 0.3) is 11.3 Å². The second kappa shape index (κ2) is 6.63. The van der Waals surface area contributed by atoms with Crippen LogP contribution in [-0.4, -0.2) is 22.5 Å². The highest BCUT2D eigenvalue weighted by Crippen LogP contribution is 2.20. The Hall–Kier alpha value is -2.47. The zero-order valence-electron chi connectivity index (χ0n) is 11.2. The first-order valence-corrected chi connectivity index (χ1v) is 6.31. The summed E-state index contributed by atoms with van der Waals surface area (Å²) in [6.07, 6.45) is 3.92. The fraction of sp³-hybridized carbons (Fsp3) is 0.214. The average molecular weight is 272 g/mol. The van der Waals surface area contributed by atoms with Crippen LogP contribution in [0.15, 0.2) is 36.7 Å². The van der Waals surface area contributed by atoms with Gasteiger partial charge in [-0.1, -0.05) is 6.92 Å². The number of hydrogen-bond donors (Lipinski definition) is 2. The lowest BCUT2D eigenvalue weighted by Crippen LogP contribution is -2.30. The van der Waals surface area contributed by atoms with Crippen LogP contribution in [0.1, 0.15) is 23.8 Å². The highest BCUT2D eigenvalue weighted by Gasteiger charge is 2.08. The van der Waals surface area contributed by atoms with Gasteiger partial charge in [-0.2, -0.15) is 0 Å². The van der Waals surface area contributed by atoms with Crippen molar-refractivity contribution >= 4 is 5.91 Å². The number of nitrogens with one attached hydrogen (secondary N) is 1. The first kappa shape index (κ1) is 14.0. The van der Waals surface area contributed by atoms with Crippen LogP contribution in [-0.2, 0) is 0 Å². The van der Waals surface area contributed by atoms with Crippen molar-refractivity contribution in [3.05, 3.63) is 42.4 Å². The number of nitrogens with zero attached hydrogens (tertiary/aromatic N) is 2. The maximum atomic E-state index is 11.4. The zero-order valence-corrected chi connectivity index (χ0v) is 11.2. The van der Waals surface area contributed by atoms with Crippen molar-refractivity contribution in [3.8, 4) is 17.0 Å². The molecule has 2 rings (SSSR count). The summed E-state index contributed by atoms with van der Waals surface area (Å²) in [5.74, 6) is 5.41. The molecule has 1 amide bonds. The highest BCUT2D eigenvalue weighted by molar-refractivity contribution is 5.91. The zero-order chi connectivity index (χ0) is 14.4. The van der Waals surface area contributed by atoms with E-state index in [0.717, 1.165) is 17.7 Å². The van der Waals surface area contributed by atoms with E-state index >= 15 is 0 Å². The second-order valence-corrected chi connectivity index (χ2v) is 4.14. The van der Waals surface area contributed by atoms with Crippen molar-refractivity contribution in [3.63, 3.8) is 0 Å². The Bertz CT molecular complexity index is 584. The molecule has 0 aliphatic heterocycles. The summed E-state index contributed by atoms with van der Waals surface area (Å²) < 4.78 is 5.51. The molecular weight excluding hydrogens is 256 g/mol. The van der Waals surface area contributed by atoms with E-state index in [1.165, 1.54) is 6.20 Å². The number of hydrazine groups is 1. The van der Waals surface area contributed by atoms with Gasteiger partial charge < -0.3 is 4.74 Å². The summed E-state index contributed by atoms with van der Waals surface area (Å²) in [5.41, 5.74) is 3.67. The van der Waals surface area contributed by atoms with E-state index < -0.39 is 5.91 Å². The first-order valence-electron chi connectivity index (χ1n) is 6.31. The number of nitrogen functional groups attached to an aromatic ring is 1. The summed E-state index contributed by atoms with van der Waals surface area (Å²) in [6.45, 7) is 2.74. The Balaban J connectivity index is 2.21. The van der Waals surface area contributed by atoms with Crippen molar-refractivity contribution in [2.75, 3.05) is 6.61 Å². The number of hydrogen-bond acceptors (Lipinski definition) is 5. The van der Waals surface area contributed by atoms with Gasteiger partial charge in [-0.05, 0) is 30.7 Å². The predicted octanol–water partition coefficient (Wildman–Crippen LogP) is 1.54. The molecule has 0 spiro atoms. The van der Waals surface area contributed by atoms with E-state index in [0.29, 0.717) is 12.3 Å². The number of amides is 1. The molecule has 1 aromatic carbocycles. The maximum absolute atomic E-state index is 11.4. The lowest BCUT2D eigenvalue weighted by atomic mass is 10.1. The maximum Gasteiger partial charge on any atom is 0.285 e. The minimum atomic E-state index is -0.470. The first-order chi connectivity index (χ1) is 9.74. The third kappa shape index (κ3) is 3.30. The van der Waals surface area contributed by atoms with Gasteiger partial charge in [0.15, 0.2) is 0 Å². The van der Waals surface area contributed by atoms with Gasteiger partial charge in [-0.15, -0.1) is 0 Å². The van der Waals surface area contributed by atoms with Crippen LogP contribution in [0.3, 0.4) is 0 Å². The van der Waals surface area contributed by atoms with Crippen LogP contribution >= 0.6 is 0 Å². The number of aromatic nitrogens is 2. The summed E-state index contributed by atoms with van der Waals surface area (Å²) >= 11 is 0. The monoisotopic (exact) mass is 272 g/mol. The molecule has 0 radical (unpaired) electrons. The third-order valence-corrected chi connectivity index (χ3v) is 2.62. The molecule has 0 saturated carbocycles. The van der Waals surface area contributed by atoms with Gasteiger partial charge in [0.05, 0.1) is 24.7 Å². The Morgan fingerprint density at radius 3 is 2.70 bits per heavy atom. The molecular formula is C14H16N4O2. The van der Waals surface area contributed by atoms with Crippen molar-refractivity contribution in [2.45, 2.75) is 13.3 Å². The standard InChI is InChI=1S/C14H16N4O2/c1-2-7-20-11-5-3-10(4-6-11)12-8-16-9-13(17-12)14(19)18-15/h3-6,8-9H,2,7,15H2,1H3,(H,18,19). The Labute approximate surface area is 117 Å². The fourth-order valence-electron chi connectivity index (χ4n) is 1.63. The van der Waals surface area contributed by atoms with Crippen molar-refractivity contribution in [1.82, 2.24) is 15.4 Å². The smallest absolute Gasteiger partial charge is 0.285 e. The SMILES string of the molecule is CCCOc1ccc(-c2cncc(C(=O)NN)n2)cc1. The molecule has 0 saturated heterocycles. The quantitative estimate of drug-likeness (QED) is 0.489. The molecule has 1 heterocycles. The molecule has 0 atom stereocenters. The van der Waals surface area contributed by atoms with Gasteiger partial charge in [0, 0.05) is 5.56 Å². The molecule has 0 fully saturated rings. The molecule has 1 aromatic heterocycles. The van der Waals surface area contributed by atoms with E-state index in [1.807, 2.05) is 29.7 Å². The van der Waals surface area contributed by atoms with Crippen molar-refractivity contribution in [2.24, 2.45) is 5.84 Å². The molecule has 0 unspecified atom stereocenters. The average Bonchev–Trinajstić information content (AvgIpc) is 2.52. The number of ether oxygens (including phenoxy) is 1. The number of carbonyl (C=O) groups excluding carboxylic acids is 1. The van der Waals surface area contributed by atoms with Gasteiger partial charge in [-0.3, -0.25) is 15.2 Å². The van der Waals surface area contributed by atoms with Gasteiger partial charge in [-0.25, -0.2) is 10.8 Å². The second-order valence-electron chi connectivity index (χ2n) is 4.14. The summed E-state index contributed by atoms with van der Waals surface area (Å²) in [4.78, 5) is 19.6. The van der Waals surface area contributed by atoms with E-state index in [1.54, 1.807) is 6.20 Å². The van der Waals surface area contributed by atoms with E-state index in [-0.39, 0.29) is 5.69 Å². The van der Waals surface area contributed by atoms with Gasteiger partial charge in [0.25, 0.3) is 5.91 Å². The molecule has 0 aliphatic rings. The lowest BCUT2D eigenvalue weighted by Gasteiger charge is -2.06. The number of nitrogens with two attached hydrogens (primary N) is 1. The molecule has 6 nitrogen and oxygen atoms in total.